The molecule has 2 fully saturated rings. The third-order valence-corrected chi connectivity index (χ3v) is 5.58. The second-order valence-electron chi connectivity index (χ2n) is 7.33. The van der Waals surface area contributed by atoms with E-state index in [1.54, 1.807) is 0 Å². The summed E-state index contributed by atoms with van der Waals surface area (Å²) in [5.74, 6) is 1.90. The van der Waals surface area contributed by atoms with E-state index in [4.69, 9.17) is 4.99 Å². The zero-order valence-corrected chi connectivity index (χ0v) is 17.6. The highest BCUT2D eigenvalue weighted by molar-refractivity contribution is 14.0. The van der Waals surface area contributed by atoms with Gasteiger partial charge in [0, 0.05) is 32.2 Å². The maximum atomic E-state index is 4.98. The third kappa shape index (κ3) is 5.61. The number of likely N-dealkylation sites (tertiary alicyclic amines) is 2. The molecule has 24 heavy (non-hydrogen) atoms. The third-order valence-electron chi connectivity index (χ3n) is 5.58. The van der Waals surface area contributed by atoms with Crippen LogP contribution in [0.25, 0.3) is 0 Å². The van der Waals surface area contributed by atoms with Crippen LogP contribution >= 0.6 is 24.0 Å². The second-order valence-corrected chi connectivity index (χ2v) is 7.33. The van der Waals surface area contributed by atoms with Gasteiger partial charge in [-0.15, -0.1) is 24.0 Å². The summed E-state index contributed by atoms with van der Waals surface area (Å²) in [6.07, 6.45) is 13.9. The van der Waals surface area contributed by atoms with Gasteiger partial charge in [0.05, 0.1) is 0 Å². The van der Waals surface area contributed by atoms with Crippen LogP contribution in [-0.2, 0) is 0 Å². The number of allylic oxidation sites excluding steroid dienone is 2. The summed E-state index contributed by atoms with van der Waals surface area (Å²) >= 11 is 0. The largest absolute Gasteiger partial charge is 0.357 e. The molecule has 1 N–H and O–H groups in total. The maximum absolute atomic E-state index is 4.98. The van der Waals surface area contributed by atoms with E-state index in [0.717, 1.165) is 44.1 Å². The molecule has 0 spiro atoms. The van der Waals surface area contributed by atoms with Gasteiger partial charge in [-0.2, -0.15) is 0 Å². The molecular formula is C19H35IN4. The molecule has 0 aromatic carbocycles. The van der Waals surface area contributed by atoms with Crippen LogP contribution in [0.2, 0.25) is 0 Å². The number of piperidine rings is 1. The second kappa shape index (κ2) is 10.6. The molecule has 4 nitrogen and oxygen atoms in total. The molecule has 0 saturated carbocycles. The molecule has 0 aromatic rings. The van der Waals surface area contributed by atoms with Crippen molar-refractivity contribution in [1.29, 1.82) is 0 Å². The first kappa shape index (κ1) is 20.0. The molecule has 0 aromatic heterocycles. The van der Waals surface area contributed by atoms with Crippen LogP contribution in [0.3, 0.4) is 0 Å². The Bertz CT molecular complexity index is 418. The van der Waals surface area contributed by atoms with Crippen molar-refractivity contribution in [3.05, 3.63) is 12.2 Å². The van der Waals surface area contributed by atoms with Crippen LogP contribution in [-0.4, -0.2) is 61.1 Å². The van der Waals surface area contributed by atoms with Crippen molar-refractivity contribution in [1.82, 2.24) is 15.1 Å². The van der Waals surface area contributed by atoms with Gasteiger partial charge in [0.25, 0.3) is 0 Å². The molecule has 2 saturated heterocycles. The Morgan fingerprint density at radius 1 is 1.12 bits per heavy atom. The van der Waals surface area contributed by atoms with Crippen LogP contribution in [0, 0.1) is 5.92 Å². The number of hydrogen-bond acceptors (Lipinski definition) is 2. The number of rotatable bonds is 4. The fraction of sp³-hybridized carbons (Fsp3) is 0.842. The summed E-state index contributed by atoms with van der Waals surface area (Å²) in [5.41, 5.74) is 0. The minimum Gasteiger partial charge on any atom is -0.357 e. The Morgan fingerprint density at radius 3 is 2.67 bits per heavy atom. The van der Waals surface area contributed by atoms with E-state index in [0.29, 0.717) is 0 Å². The van der Waals surface area contributed by atoms with E-state index in [2.05, 4.69) is 34.2 Å². The van der Waals surface area contributed by atoms with E-state index in [1.807, 2.05) is 0 Å². The van der Waals surface area contributed by atoms with Crippen LogP contribution in [0.15, 0.2) is 17.1 Å². The van der Waals surface area contributed by atoms with E-state index in [1.165, 1.54) is 58.0 Å². The molecule has 0 bridgehead atoms. The van der Waals surface area contributed by atoms with Crippen molar-refractivity contribution in [2.24, 2.45) is 10.9 Å². The molecular weight excluding hydrogens is 411 g/mol. The monoisotopic (exact) mass is 446 g/mol. The van der Waals surface area contributed by atoms with E-state index in [9.17, 15) is 0 Å². The minimum absolute atomic E-state index is 0. The Morgan fingerprint density at radius 2 is 1.96 bits per heavy atom. The minimum atomic E-state index is 0. The number of nitrogens with zero attached hydrogens (tertiary/aromatic N) is 3. The molecule has 2 aliphatic heterocycles. The van der Waals surface area contributed by atoms with Gasteiger partial charge in [0.15, 0.2) is 5.96 Å². The number of aliphatic imine (C=N–C) groups is 1. The number of guanidine groups is 1. The van der Waals surface area contributed by atoms with Crippen LogP contribution in [0.5, 0.6) is 0 Å². The average molecular weight is 446 g/mol. The summed E-state index contributed by atoms with van der Waals surface area (Å²) in [7, 11) is 0. The molecule has 1 aliphatic carbocycles. The van der Waals surface area contributed by atoms with Gasteiger partial charge in [0.1, 0.15) is 0 Å². The molecule has 0 radical (unpaired) electrons. The zero-order chi connectivity index (χ0) is 15.9. The van der Waals surface area contributed by atoms with Gasteiger partial charge >= 0.3 is 0 Å². The SMILES string of the molecule is CCNC(=NCC1CC=CCC1)N1CCC(N2CCCCC2)C1.I. The summed E-state index contributed by atoms with van der Waals surface area (Å²) < 4.78 is 0. The number of halogens is 1. The molecule has 2 heterocycles. The van der Waals surface area contributed by atoms with Crippen molar-refractivity contribution in [2.45, 2.75) is 57.9 Å². The van der Waals surface area contributed by atoms with Crippen molar-refractivity contribution in [3.63, 3.8) is 0 Å². The first-order chi connectivity index (χ1) is 11.4. The summed E-state index contributed by atoms with van der Waals surface area (Å²) in [4.78, 5) is 10.2. The molecule has 138 valence electrons. The summed E-state index contributed by atoms with van der Waals surface area (Å²) in [6, 6.07) is 0.747. The van der Waals surface area contributed by atoms with Crippen LogP contribution in [0.4, 0.5) is 0 Å². The van der Waals surface area contributed by atoms with Gasteiger partial charge in [-0.1, -0.05) is 18.6 Å². The fourth-order valence-corrected chi connectivity index (χ4v) is 4.18. The predicted octanol–water partition coefficient (Wildman–Crippen LogP) is 3.49. The van der Waals surface area contributed by atoms with Gasteiger partial charge < -0.3 is 10.2 Å². The number of hydrogen-bond donors (Lipinski definition) is 1. The highest BCUT2D eigenvalue weighted by Crippen LogP contribution is 2.21. The topological polar surface area (TPSA) is 30.9 Å². The van der Waals surface area contributed by atoms with Gasteiger partial charge in [-0.3, -0.25) is 9.89 Å². The van der Waals surface area contributed by atoms with Crippen molar-refractivity contribution in [2.75, 3.05) is 39.3 Å². The Labute approximate surface area is 165 Å². The highest BCUT2D eigenvalue weighted by atomic mass is 127. The van der Waals surface area contributed by atoms with Crippen molar-refractivity contribution >= 4 is 29.9 Å². The molecule has 5 heteroatoms. The summed E-state index contributed by atoms with van der Waals surface area (Å²) in [5, 5.41) is 3.53. The van der Waals surface area contributed by atoms with Gasteiger partial charge in [0.2, 0.25) is 0 Å². The highest BCUT2D eigenvalue weighted by Gasteiger charge is 2.30. The smallest absolute Gasteiger partial charge is 0.193 e. The van der Waals surface area contributed by atoms with E-state index >= 15 is 0 Å². The molecule has 2 atom stereocenters. The Hall–Kier alpha value is -0.300. The Kier molecular flexibility index (Phi) is 8.87. The standard InChI is InChI=1S/C19H34N4.HI/c1-2-20-19(21-15-17-9-5-3-6-10-17)23-14-11-18(16-23)22-12-7-4-8-13-22;/h3,5,17-18H,2,4,6-16H2,1H3,(H,20,21);1H. The average Bonchev–Trinajstić information content (AvgIpc) is 3.10. The fourth-order valence-electron chi connectivity index (χ4n) is 4.18. The molecule has 2 unspecified atom stereocenters. The maximum Gasteiger partial charge on any atom is 0.193 e. The lowest BCUT2D eigenvalue weighted by Crippen LogP contribution is -2.44. The lowest BCUT2D eigenvalue weighted by atomic mass is 9.95. The quantitative estimate of drug-likeness (QED) is 0.311. The van der Waals surface area contributed by atoms with Crippen molar-refractivity contribution < 1.29 is 0 Å². The van der Waals surface area contributed by atoms with E-state index < -0.39 is 0 Å². The zero-order valence-electron chi connectivity index (χ0n) is 15.3. The molecule has 3 rings (SSSR count). The lowest BCUT2D eigenvalue weighted by molar-refractivity contribution is 0.168. The van der Waals surface area contributed by atoms with Gasteiger partial charge in [-0.25, -0.2) is 0 Å². The number of nitrogens with one attached hydrogen (secondary N) is 1. The first-order valence-corrected chi connectivity index (χ1v) is 9.79. The first-order valence-electron chi connectivity index (χ1n) is 9.79. The Balaban J connectivity index is 0.00000208. The lowest BCUT2D eigenvalue weighted by Gasteiger charge is -2.32. The predicted molar refractivity (Wildman–Crippen MR) is 113 cm³/mol. The van der Waals surface area contributed by atoms with Crippen molar-refractivity contribution in [3.8, 4) is 0 Å². The van der Waals surface area contributed by atoms with Crippen LogP contribution in [0.1, 0.15) is 51.9 Å². The molecule has 3 aliphatic rings. The normalized spacial score (nSPS) is 28.7. The van der Waals surface area contributed by atoms with Gasteiger partial charge in [-0.05, 0) is 64.5 Å². The summed E-state index contributed by atoms with van der Waals surface area (Å²) in [6.45, 7) is 9.07. The van der Waals surface area contributed by atoms with Crippen LogP contribution < -0.4 is 5.32 Å². The molecule has 0 amide bonds. The van der Waals surface area contributed by atoms with E-state index in [-0.39, 0.29) is 24.0 Å².